The van der Waals surface area contributed by atoms with Gasteiger partial charge >= 0.3 is 5.97 Å². The molecule has 9 nitrogen and oxygen atoms in total. The van der Waals surface area contributed by atoms with Gasteiger partial charge in [-0.15, -0.1) is 0 Å². The molecule has 10 heteroatoms. The van der Waals surface area contributed by atoms with Crippen LogP contribution in [0.5, 0.6) is 0 Å². The number of benzene rings is 1. The first-order chi connectivity index (χ1) is 20.3. The zero-order valence-electron chi connectivity index (χ0n) is 23.6. The van der Waals surface area contributed by atoms with Gasteiger partial charge in [-0.1, -0.05) is 32.0 Å². The molecule has 0 spiro atoms. The second-order valence-electron chi connectivity index (χ2n) is 10.3. The van der Waals surface area contributed by atoms with E-state index in [1.165, 1.54) is 24.6 Å². The average Bonchev–Trinajstić information content (AvgIpc) is 3.63. The first-order valence-corrected chi connectivity index (χ1v) is 13.8. The van der Waals surface area contributed by atoms with Crippen molar-refractivity contribution in [2.24, 2.45) is 5.92 Å². The Kier molecular flexibility index (Phi) is 8.42. The summed E-state index contributed by atoms with van der Waals surface area (Å²) in [4.78, 5) is 48.8. The Balaban J connectivity index is 1.58. The van der Waals surface area contributed by atoms with Crippen molar-refractivity contribution >= 4 is 17.8 Å². The van der Waals surface area contributed by atoms with Crippen LogP contribution in [0.2, 0.25) is 0 Å². The Morgan fingerprint density at radius 1 is 1.10 bits per heavy atom. The number of esters is 1. The fourth-order valence-electron chi connectivity index (χ4n) is 5.03. The summed E-state index contributed by atoms with van der Waals surface area (Å²) in [5, 5.41) is 5.76. The molecule has 1 atom stereocenters. The van der Waals surface area contributed by atoms with Crippen molar-refractivity contribution in [1.82, 2.24) is 20.6 Å². The average molecular weight is 571 g/mol. The maximum atomic E-state index is 13.5. The molecule has 5 rings (SSSR count). The Bertz CT molecular complexity index is 1600. The molecule has 0 saturated carbocycles. The van der Waals surface area contributed by atoms with Crippen LogP contribution in [0.15, 0.2) is 65.4 Å². The van der Waals surface area contributed by atoms with Crippen molar-refractivity contribution in [3.05, 3.63) is 106 Å². The third-order valence-corrected chi connectivity index (χ3v) is 7.11. The normalized spacial score (nSPS) is 14.0. The van der Waals surface area contributed by atoms with Gasteiger partial charge in [-0.25, -0.2) is 9.18 Å². The van der Waals surface area contributed by atoms with Crippen LogP contribution in [0.4, 0.5) is 4.39 Å². The molecule has 0 bridgehead atoms. The number of carbonyl (C=O) groups is 3. The Hall–Kier alpha value is -4.86. The third kappa shape index (κ3) is 5.93. The summed E-state index contributed by atoms with van der Waals surface area (Å²) in [6.45, 7) is 6.00. The van der Waals surface area contributed by atoms with Crippen LogP contribution in [0.3, 0.4) is 0 Å². The van der Waals surface area contributed by atoms with Crippen LogP contribution in [0.1, 0.15) is 80.7 Å². The van der Waals surface area contributed by atoms with Gasteiger partial charge in [-0.05, 0) is 61.6 Å². The number of hydrogen-bond donors (Lipinski definition) is 2. The maximum absolute atomic E-state index is 13.5. The van der Waals surface area contributed by atoms with Crippen LogP contribution in [0.25, 0.3) is 11.1 Å². The van der Waals surface area contributed by atoms with Gasteiger partial charge in [0, 0.05) is 17.3 Å². The van der Waals surface area contributed by atoms with Gasteiger partial charge in [-0.2, -0.15) is 0 Å². The minimum absolute atomic E-state index is 0.0345. The van der Waals surface area contributed by atoms with E-state index in [0.717, 1.165) is 5.56 Å². The molecule has 0 fully saturated rings. The standard InChI is InChI=1S/C32H31FN4O5/c1-4-41-32(40)26-23(13-9-19-7-11-21(33)12-8-19)36-29-27(31(39)37-28(29)18(2)3)25(26)20-10-14-24(34-16-20)30(38)35-17-22-6-5-15-42-22/h5-8,10-12,14-16,18,28H,4,9,13,17H2,1-3H3,(H,35,38)(H,37,39)/t28-/m0/s1. The van der Waals surface area contributed by atoms with Gasteiger partial charge in [0.15, 0.2) is 0 Å². The lowest BCUT2D eigenvalue weighted by Crippen LogP contribution is -2.23. The van der Waals surface area contributed by atoms with Gasteiger partial charge < -0.3 is 19.8 Å². The van der Waals surface area contributed by atoms with E-state index in [1.807, 2.05) is 13.8 Å². The quantitative estimate of drug-likeness (QED) is 0.251. The molecule has 1 aliphatic heterocycles. The van der Waals surface area contributed by atoms with Crippen molar-refractivity contribution in [2.75, 3.05) is 6.61 Å². The highest BCUT2D eigenvalue weighted by Crippen LogP contribution is 2.39. The molecule has 0 unspecified atom stereocenters. The molecule has 216 valence electrons. The largest absolute Gasteiger partial charge is 0.467 e. The monoisotopic (exact) mass is 570 g/mol. The molecule has 1 aliphatic rings. The molecule has 4 heterocycles. The highest BCUT2D eigenvalue weighted by atomic mass is 19.1. The predicted molar refractivity (Wildman–Crippen MR) is 152 cm³/mol. The molecule has 42 heavy (non-hydrogen) atoms. The van der Waals surface area contributed by atoms with Crippen molar-refractivity contribution in [3.63, 3.8) is 0 Å². The Morgan fingerprint density at radius 2 is 1.88 bits per heavy atom. The van der Waals surface area contributed by atoms with Gasteiger partial charge in [0.25, 0.3) is 11.8 Å². The lowest BCUT2D eigenvalue weighted by Gasteiger charge is -2.19. The van der Waals surface area contributed by atoms with Crippen LogP contribution >= 0.6 is 0 Å². The highest BCUT2D eigenvalue weighted by molar-refractivity contribution is 6.10. The van der Waals surface area contributed by atoms with E-state index in [-0.39, 0.29) is 48.1 Å². The van der Waals surface area contributed by atoms with Crippen LogP contribution in [-0.2, 0) is 24.1 Å². The second kappa shape index (κ2) is 12.3. The van der Waals surface area contributed by atoms with Crippen LogP contribution < -0.4 is 10.6 Å². The summed E-state index contributed by atoms with van der Waals surface area (Å²) in [5.74, 6) is -1.06. The second-order valence-corrected chi connectivity index (χ2v) is 10.3. The fraction of sp³-hybridized carbons (Fsp3) is 0.281. The number of halogens is 1. The van der Waals surface area contributed by atoms with E-state index in [1.54, 1.807) is 43.3 Å². The predicted octanol–water partition coefficient (Wildman–Crippen LogP) is 5.21. The van der Waals surface area contributed by atoms with Crippen LogP contribution in [0, 0.1) is 11.7 Å². The van der Waals surface area contributed by atoms with E-state index >= 15 is 0 Å². The summed E-state index contributed by atoms with van der Waals surface area (Å²) < 4.78 is 24.2. The number of carbonyl (C=O) groups excluding carboxylic acids is 3. The third-order valence-electron chi connectivity index (χ3n) is 7.11. The molecule has 0 radical (unpaired) electrons. The molecule has 1 aromatic carbocycles. The highest BCUT2D eigenvalue weighted by Gasteiger charge is 2.38. The van der Waals surface area contributed by atoms with Crippen LogP contribution in [-0.4, -0.2) is 34.4 Å². The number of furan rings is 1. The molecule has 0 aliphatic carbocycles. The number of aromatic nitrogens is 2. The maximum Gasteiger partial charge on any atom is 0.340 e. The molecule has 3 aromatic heterocycles. The minimum Gasteiger partial charge on any atom is -0.467 e. The zero-order chi connectivity index (χ0) is 29.8. The number of nitrogens with one attached hydrogen (secondary N) is 2. The molecule has 2 amide bonds. The van der Waals surface area contributed by atoms with E-state index < -0.39 is 11.9 Å². The lowest BCUT2D eigenvalue weighted by molar-refractivity contribution is 0.0525. The van der Waals surface area contributed by atoms with Gasteiger partial charge in [0.05, 0.1) is 48.0 Å². The fourth-order valence-corrected chi connectivity index (χ4v) is 5.03. The minimum atomic E-state index is -0.613. The smallest absolute Gasteiger partial charge is 0.340 e. The van der Waals surface area contributed by atoms with Crippen molar-refractivity contribution < 1.29 is 27.9 Å². The van der Waals surface area contributed by atoms with Crippen molar-refractivity contribution in [2.45, 2.75) is 46.2 Å². The zero-order valence-corrected chi connectivity index (χ0v) is 23.6. The van der Waals surface area contributed by atoms with Gasteiger partial charge in [0.2, 0.25) is 0 Å². The number of nitrogens with zero attached hydrogens (tertiary/aromatic N) is 2. The number of hydrogen-bond acceptors (Lipinski definition) is 7. The van der Waals surface area contributed by atoms with E-state index in [9.17, 15) is 18.8 Å². The van der Waals surface area contributed by atoms with Crippen molar-refractivity contribution in [3.8, 4) is 11.1 Å². The Labute approximate surface area is 242 Å². The molecule has 0 saturated heterocycles. The van der Waals surface area contributed by atoms with E-state index in [4.69, 9.17) is 14.1 Å². The number of ether oxygens (including phenoxy) is 1. The number of aryl methyl sites for hydroxylation is 2. The summed E-state index contributed by atoms with van der Waals surface area (Å²) >= 11 is 0. The van der Waals surface area contributed by atoms with E-state index in [2.05, 4.69) is 15.6 Å². The molecule has 4 aromatic rings. The lowest BCUT2D eigenvalue weighted by atomic mass is 9.89. The molecule has 2 N–H and O–H groups in total. The van der Waals surface area contributed by atoms with Gasteiger partial charge in [-0.3, -0.25) is 19.6 Å². The first-order valence-electron chi connectivity index (χ1n) is 13.8. The number of rotatable bonds is 10. The summed E-state index contributed by atoms with van der Waals surface area (Å²) in [5.41, 5.74) is 3.35. The number of amides is 2. The van der Waals surface area contributed by atoms with Gasteiger partial charge in [0.1, 0.15) is 17.3 Å². The SMILES string of the molecule is CCOC(=O)c1c(CCc2ccc(F)cc2)nc2c(c1-c1ccc(C(=O)NCc3ccco3)nc1)C(=O)N[C@H]2C(C)C. The molecular weight excluding hydrogens is 539 g/mol. The number of pyridine rings is 2. The van der Waals surface area contributed by atoms with E-state index in [0.29, 0.717) is 46.7 Å². The summed E-state index contributed by atoms with van der Waals surface area (Å²) in [7, 11) is 0. The topological polar surface area (TPSA) is 123 Å². The summed E-state index contributed by atoms with van der Waals surface area (Å²) in [6, 6.07) is 12.5. The Morgan fingerprint density at radius 3 is 2.52 bits per heavy atom. The summed E-state index contributed by atoms with van der Waals surface area (Å²) in [6.07, 6.45) is 3.83. The number of fused-ring (bicyclic) bond motifs is 1. The van der Waals surface area contributed by atoms with Crippen molar-refractivity contribution in [1.29, 1.82) is 0 Å². The first kappa shape index (κ1) is 28.7. The molecular formula is C32H31FN4O5.